The molecule has 0 bridgehead atoms. The van der Waals surface area contributed by atoms with Crippen LogP contribution in [-0.4, -0.2) is 25.0 Å². The van der Waals surface area contributed by atoms with Gasteiger partial charge in [-0.3, -0.25) is 9.59 Å². The molecule has 2 aromatic rings. The van der Waals surface area contributed by atoms with Gasteiger partial charge in [0, 0.05) is 11.1 Å². The zero-order valence-electron chi connectivity index (χ0n) is 13.8. The zero-order chi connectivity index (χ0) is 18.1. The lowest BCUT2D eigenvalue weighted by Gasteiger charge is -2.08. The van der Waals surface area contributed by atoms with Gasteiger partial charge in [0.1, 0.15) is 18.9 Å². The number of amides is 1. The highest BCUT2D eigenvalue weighted by Crippen LogP contribution is 2.12. The molecule has 128 valence electrons. The lowest BCUT2D eigenvalue weighted by molar-refractivity contribution is -0.143. The van der Waals surface area contributed by atoms with Crippen molar-refractivity contribution in [3.63, 3.8) is 0 Å². The number of benzene rings is 2. The molecule has 0 spiro atoms. The van der Waals surface area contributed by atoms with E-state index in [1.165, 1.54) is 0 Å². The monoisotopic (exact) mass is 338 g/mol. The summed E-state index contributed by atoms with van der Waals surface area (Å²) in [5, 5.41) is 11.5. The number of hydrogen-bond acceptors (Lipinski definition) is 5. The Hall–Kier alpha value is -3.33. The normalized spacial score (nSPS) is 9.76. The predicted octanol–water partition coefficient (Wildman–Crippen LogP) is 2.43. The number of carbonyl (C=O) groups excluding carboxylic acids is 2. The maximum absolute atomic E-state index is 12.0. The van der Waals surface area contributed by atoms with Crippen molar-refractivity contribution >= 4 is 11.9 Å². The summed E-state index contributed by atoms with van der Waals surface area (Å²) in [6, 6.07) is 15.5. The number of nitriles is 1. The summed E-state index contributed by atoms with van der Waals surface area (Å²) in [6.45, 7) is 2.16. The van der Waals surface area contributed by atoms with Crippen molar-refractivity contribution < 1.29 is 19.1 Å². The summed E-state index contributed by atoms with van der Waals surface area (Å²) in [6.07, 6.45) is 0. The lowest BCUT2D eigenvalue weighted by atomic mass is 10.1. The van der Waals surface area contributed by atoms with Crippen molar-refractivity contribution in [1.29, 1.82) is 5.26 Å². The van der Waals surface area contributed by atoms with Crippen molar-refractivity contribution in [3.8, 4) is 11.8 Å². The van der Waals surface area contributed by atoms with Gasteiger partial charge in [-0.05, 0) is 37.3 Å². The third-order valence-corrected chi connectivity index (χ3v) is 3.35. The van der Waals surface area contributed by atoms with E-state index in [0.29, 0.717) is 29.0 Å². The van der Waals surface area contributed by atoms with Crippen molar-refractivity contribution in [2.24, 2.45) is 0 Å². The van der Waals surface area contributed by atoms with Crippen LogP contribution in [0.1, 0.15) is 28.4 Å². The number of nitrogens with one attached hydrogen (secondary N) is 1. The summed E-state index contributed by atoms with van der Waals surface area (Å²) in [7, 11) is 0. The van der Waals surface area contributed by atoms with E-state index in [0.717, 1.165) is 0 Å². The third kappa shape index (κ3) is 5.36. The van der Waals surface area contributed by atoms with Crippen LogP contribution in [0.3, 0.4) is 0 Å². The molecule has 2 rings (SSSR count). The molecule has 1 amide bonds. The molecular formula is C19H18N2O4. The van der Waals surface area contributed by atoms with Gasteiger partial charge in [-0.15, -0.1) is 0 Å². The average Bonchev–Trinajstić information content (AvgIpc) is 2.65. The summed E-state index contributed by atoms with van der Waals surface area (Å²) in [5.41, 5.74) is 1.50. The summed E-state index contributed by atoms with van der Waals surface area (Å²) in [5.74, 6) is -0.279. The first-order valence-corrected chi connectivity index (χ1v) is 7.78. The maximum atomic E-state index is 12.0. The van der Waals surface area contributed by atoms with Gasteiger partial charge < -0.3 is 14.8 Å². The zero-order valence-corrected chi connectivity index (χ0v) is 13.8. The molecule has 0 unspecified atom stereocenters. The van der Waals surface area contributed by atoms with Crippen LogP contribution in [0.4, 0.5) is 0 Å². The third-order valence-electron chi connectivity index (χ3n) is 3.35. The maximum Gasteiger partial charge on any atom is 0.325 e. The average molecular weight is 338 g/mol. The van der Waals surface area contributed by atoms with Crippen LogP contribution in [-0.2, 0) is 16.1 Å². The molecule has 6 heteroatoms. The molecule has 0 saturated carbocycles. The Bertz CT molecular complexity index is 779. The Morgan fingerprint density at radius 3 is 2.52 bits per heavy atom. The van der Waals surface area contributed by atoms with Crippen LogP contribution in [0.5, 0.6) is 5.75 Å². The Morgan fingerprint density at radius 2 is 1.84 bits per heavy atom. The smallest absolute Gasteiger partial charge is 0.325 e. The van der Waals surface area contributed by atoms with E-state index in [2.05, 4.69) is 5.32 Å². The van der Waals surface area contributed by atoms with Crippen LogP contribution in [0.2, 0.25) is 0 Å². The van der Waals surface area contributed by atoms with Crippen molar-refractivity contribution in [2.45, 2.75) is 13.5 Å². The van der Waals surface area contributed by atoms with Crippen LogP contribution < -0.4 is 10.1 Å². The second kappa shape index (κ2) is 9.08. The molecule has 6 nitrogen and oxygen atoms in total. The first kappa shape index (κ1) is 18.0. The number of hydrogen-bond donors (Lipinski definition) is 1. The van der Waals surface area contributed by atoms with Gasteiger partial charge >= 0.3 is 5.97 Å². The Morgan fingerprint density at radius 1 is 1.12 bits per heavy atom. The summed E-state index contributed by atoms with van der Waals surface area (Å²) >= 11 is 0. The molecule has 0 aromatic heterocycles. The first-order valence-electron chi connectivity index (χ1n) is 7.78. The van der Waals surface area contributed by atoms with Crippen LogP contribution in [0.25, 0.3) is 0 Å². The van der Waals surface area contributed by atoms with Crippen LogP contribution in [0, 0.1) is 11.3 Å². The molecular weight excluding hydrogens is 320 g/mol. The van der Waals surface area contributed by atoms with E-state index in [1.54, 1.807) is 48.5 Å². The Labute approximate surface area is 146 Å². The molecule has 2 aromatic carbocycles. The molecule has 0 aliphatic heterocycles. The van der Waals surface area contributed by atoms with E-state index in [-0.39, 0.29) is 19.1 Å². The van der Waals surface area contributed by atoms with Crippen LogP contribution in [0.15, 0.2) is 48.5 Å². The number of rotatable bonds is 7. The molecule has 0 saturated heterocycles. The van der Waals surface area contributed by atoms with E-state index in [1.807, 2.05) is 13.0 Å². The Balaban J connectivity index is 1.81. The molecule has 0 aliphatic carbocycles. The largest absolute Gasteiger partial charge is 0.494 e. The fraction of sp³-hybridized carbons (Fsp3) is 0.211. The molecule has 25 heavy (non-hydrogen) atoms. The fourth-order valence-corrected chi connectivity index (χ4v) is 2.09. The minimum Gasteiger partial charge on any atom is -0.494 e. The molecule has 0 heterocycles. The van der Waals surface area contributed by atoms with Gasteiger partial charge in [0.15, 0.2) is 0 Å². The highest BCUT2D eigenvalue weighted by molar-refractivity contribution is 5.96. The second-order valence-electron chi connectivity index (χ2n) is 5.07. The second-order valence-corrected chi connectivity index (χ2v) is 5.07. The minimum absolute atomic E-state index is 0.0124. The van der Waals surface area contributed by atoms with Crippen molar-refractivity contribution in [2.75, 3.05) is 13.2 Å². The molecule has 0 aliphatic rings. The summed E-state index contributed by atoms with van der Waals surface area (Å²) < 4.78 is 10.4. The van der Waals surface area contributed by atoms with Crippen LogP contribution >= 0.6 is 0 Å². The van der Waals surface area contributed by atoms with Gasteiger partial charge in [0.05, 0.1) is 18.2 Å². The first-order chi connectivity index (χ1) is 12.1. The standard InChI is InChI=1S/C19H18N2O4/c1-2-24-17-9-7-14(8-10-17)19(23)21-12-18(22)25-13-16-6-4-3-5-15(16)11-20/h3-10H,2,12-13H2,1H3,(H,21,23). The van der Waals surface area contributed by atoms with E-state index >= 15 is 0 Å². The number of esters is 1. The van der Waals surface area contributed by atoms with Gasteiger partial charge in [0.2, 0.25) is 0 Å². The molecule has 0 radical (unpaired) electrons. The predicted molar refractivity (Wildman–Crippen MR) is 90.9 cm³/mol. The SMILES string of the molecule is CCOc1ccc(C(=O)NCC(=O)OCc2ccccc2C#N)cc1. The van der Waals surface area contributed by atoms with Crippen molar-refractivity contribution in [3.05, 3.63) is 65.2 Å². The summed E-state index contributed by atoms with van der Waals surface area (Å²) in [4.78, 5) is 23.7. The van der Waals surface area contributed by atoms with Gasteiger partial charge in [-0.1, -0.05) is 18.2 Å². The highest BCUT2D eigenvalue weighted by Gasteiger charge is 2.10. The Kier molecular flexibility index (Phi) is 6.55. The van der Waals surface area contributed by atoms with Gasteiger partial charge in [0.25, 0.3) is 5.91 Å². The van der Waals surface area contributed by atoms with E-state index in [4.69, 9.17) is 14.7 Å². The minimum atomic E-state index is -0.577. The van der Waals surface area contributed by atoms with Crippen molar-refractivity contribution in [1.82, 2.24) is 5.32 Å². The molecule has 0 atom stereocenters. The number of ether oxygens (including phenoxy) is 2. The molecule has 1 N–H and O–H groups in total. The number of nitrogens with zero attached hydrogens (tertiary/aromatic N) is 1. The lowest BCUT2D eigenvalue weighted by Crippen LogP contribution is -2.30. The van der Waals surface area contributed by atoms with E-state index < -0.39 is 5.97 Å². The highest BCUT2D eigenvalue weighted by atomic mass is 16.5. The fourth-order valence-electron chi connectivity index (χ4n) is 2.09. The van der Waals surface area contributed by atoms with Gasteiger partial charge in [-0.2, -0.15) is 5.26 Å². The van der Waals surface area contributed by atoms with Gasteiger partial charge in [-0.25, -0.2) is 0 Å². The van der Waals surface area contributed by atoms with E-state index in [9.17, 15) is 9.59 Å². The number of carbonyl (C=O) groups is 2. The quantitative estimate of drug-likeness (QED) is 0.783. The topological polar surface area (TPSA) is 88.4 Å². The molecule has 0 fully saturated rings.